The number of amidine groups is 1. The third kappa shape index (κ3) is 8.15. The summed E-state index contributed by atoms with van der Waals surface area (Å²) in [5.74, 6) is 1.79. The molecule has 172 valence electrons. The van der Waals surface area contributed by atoms with Crippen LogP contribution >= 0.6 is 0 Å². The predicted octanol–water partition coefficient (Wildman–Crippen LogP) is 6.32. The minimum absolute atomic E-state index is 0.115. The van der Waals surface area contributed by atoms with Gasteiger partial charge in [-0.2, -0.15) is 0 Å². The van der Waals surface area contributed by atoms with E-state index in [4.69, 9.17) is 15.5 Å². The summed E-state index contributed by atoms with van der Waals surface area (Å²) in [6.07, 6.45) is 2.88. The van der Waals surface area contributed by atoms with Gasteiger partial charge in [-0.05, 0) is 60.7 Å². The van der Waals surface area contributed by atoms with Crippen molar-refractivity contribution in [3.63, 3.8) is 0 Å². The van der Waals surface area contributed by atoms with Crippen LogP contribution in [0.1, 0.15) is 43.4 Å². The molecule has 1 atom stereocenters. The molecule has 0 saturated carbocycles. The third-order valence-corrected chi connectivity index (χ3v) is 5.51. The van der Waals surface area contributed by atoms with E-state index in [2.05, 4.69) is 49.2 Å². The summed E-state index contributed by atoms with van der Waals surface area (Å²) in [5.41, 5.74) is 11.2. The number of rotatable bonds is 11. The average molecular weight is 442 g/mol. The number of nitrogens with one attached hydrogen (secondary N) is 1. The maximum absolute atomic E-state index is 6.02. The van der Waals surface area contributed by atoms with E-state index in [9.17, 15) is 0 Å². The summed E-state index contributed by atoms with van der Waals surface area (Å²) in [6, 6.07) is 26.5. The Bertz CT molecular complexity index is 1040. The quantitative estimate of drug-likeness (QED) is 0.158. The fourth-order valence-electron chi connectivity index (χ4n) is 3.66. The summed E-state index contributed by atoms with van der Waals surface area (Å²) < 4.78 is 6.02. The molecule has 33 heavy (non-hydrogen) atoms. The molecule has 4 heteroatoms. The van der Waals surface area contributed by atoms with Crippen LogP contribution < -0.4 is 15.8 Å². The lowest BCUT2D eigenvalue weighted by Crippen LogP contribution is -2.36. The molecule has 1 unspecified atom stereocenters. The summed E-state index contributed by atoms with van der Waals surface area (Å²) in [5, 5.41) is 3.59. The van der Waals surface area contributed by atoms with Crippen molar-refractivity contribution in [1.82, 2.24) is 5.32 Å². The number of hydrogen-bond acceptors (Lipinski definition) is 3. The number of nitrogen functional groups attached to an aromatic ring is 1. The Morgan fingerprint density at radius 3 is 2.42 bits per heavy atom. The van der Waals surface area contributed by atoms with Gasteiger partial charge in [-0.1, -0.05) is 80.1 Å². The maximum Gasteiger partial charge on any atom is 0.120 e. The molecule has 0 aliphatic carbocycles. The fourth-order valence-corrected chi connectivity index (χ4v) is 3.66. The van der Waals surface area contributed by atoms with Gasteiger partial charge in [0.2, 0.25) is 0 Å². The van der Waals surface area contributed by atoms with Gasteiger partial charge in [0, 0.05) is 5.69 Å². The zero-order valence-electron chi connectivity index (χ0n) is 19.8. The number of hydrogen-bond donors (Lipinski definition) is 2. The number of ether oxygens (including phenoxy) is 1. The van der Waals surface area contributed by atoms with E-state index in [-0.39, 0.29) is 6.04 Å². The van der Waals surface area contributed by atoms with Crippen molar-refractivity contribution in [3.05, 3.63) is 108 Å². The van der Waals surface area contributed by atoms with Gasteiger partial charge < -0.3 is 15.8 Å². The number of aliphatic imine (C=N–C) groups is 1. The van der Waals surface area contributed by atoms with Crippen LogP contribution in [0.5, 0.6) is 5.75 Å². The SMILES string of the molecule is C=C(CCC)C(Cc1cccc(OCc2ccccc2)c1)NC(C)=NCc1ccc(N)cc1. The first-order valence-electron chi connectivity index (χ1n) is 11.6. The van der Waals surface area contributed by atoms with E-state index in [0.29, 0.717) is 13.2 Å². The molecule has 0 saturated heterocycles. The largest absolute Gasteiger partial charge is 0.489 e. The molecule has 0 heterocycles. The van der Waals surface area contributed by atoms with Gasteiger partial charge in [-0.15, -0.1) is 0 Å². The monoisotopic (exact) mass is 441 g/mol. The van der Waals surface area contributed by atoms with Crippen LogP contribution in [0.3, 0.4) is 0 Å². The molecule has 3 rings (SSSR count). The Labute approximate surface area is 198 Å². The molecule has 0 aliphatic heterocycles. The molecule has 4 nitrogen and oxygen atoms in total. The van der Waals surface area contributed by atoms with E-state index >= 15 is 0 Å². The second-order valence-electron chi connectivity index (χ2n) is 8.37. The third-order valence-electron chi connectivity index (χ3n) is 5.51. The van der Waals surface area contributed by atoms with Crippen LogP contribution in [0.2, 0.25) is 0 Å². The van der Waals surface area contributed by atoms with Gasteiger partial charge in [0.25, 0.3) is 0 Å². The zero-order valence-corrected chi connectivity index (χ0v) is 19.8. The molecule has 0 bridgehead atoms. The highest BCUT2D eigenvalue weighted by Crippen LogP contribution is 2.19. The Hall–Kier alpha value is -3.53. The number of nitrogens with two attached hydrogens (primary N) is 1. The predicted molar refractivity (Wildman–Crippen MR) is 140 cm³/mol. The Morgan fingerprint density at radius 2 is 1.70 bits per heavy atom. The normalized spacial score (nSPS) is 12.2. The lowest BCUT2D eigenvalue weighted by molar-refractivity contribution is 0.306. The minimum Gasteiger partial charge on any atom is -0.489 e. The smallest absolute Gasteiger partial charge is 0.120 e. The molecule has 0 aliphatic rings. The first-order chi connectivity index (χ1) is 16.0. The van der Waals surface area contributed by atoms with Crippen molar-refractivity contribution >= 4 is 11.5 Å². The average Bonchev–Trinajstić information content (AvgIpc) is 2.83. The maximum atomic E-state index is 6.02. The topological polar surface area (TPSA) is 59.6 Å². The van der Waals surface area contributed by atoms with Crippen LogP contribution in [-0.2, 0) is 19.6 Å². The van der Waals surface area contributed by atoms with Crippen LogP contribution in [0.25, 0.3) is 0 Å². The molecule has 0 amide bonds. The van der Waals surface area contributed by atoms with Crippen molar-refractivity contribution in [2.75, 3.05) is 5.73 Å². The number of benzene rings is 3. The van der Waals surface area contributed by atoms with Gasteiger partial charge in [0.05, 0.1) is 18.4 Å². The molecule has 3 aromatic rings. The molecular formula is C29H35N3O. The van der Waals surface area contributed by atoms with Crippen molar-refractivity contribution in [2.45, 2.75) is 52.3 Å². The van der Waals surface area contributed by atoms with Crippen molar-refractivity contribution in [1.29, 1.82) is 0 Å². The Kier molecular flexibility index (Phi) is 9.13. The molecule has 0 fully saturated rings. The second-order valence-corrected chi connectivity index (χ2v) is 8.37. The van der Waals surface area contributed by atoms with E-state index < -0.39 is 0 Å². The zero-order chi connectivity index (χ0) is 23.5. The summed E-state index contributed by atoms with van der Waals surface area (Å²) in [6.45, 7) is 9.74. The Morgan fingerprint density at radius 1 is 0.970 bits per heavy atom. The highest BCUT2D eigenvalue weighted by atomic mass is 16.5. The molecule has 0 radical (unpaired) electrons. The Balaban J connectivity index is 1.64. The van der Waals surface area contributed by atoms with Gasteiger partial charge in [0.1, 0.15) is 12.4 Å². The van der Waals surface area contributed by atoms with E-state index in [1.165, 1.54) is 11.1 Å². The molecule has 3 aromatic carbocycles. The van der Waals surface area contributed by atoms with E-state index in [0.717, 1.165) is 47.7 Å². The fraction of sp³-hybridized carbons (Fsp3) is 0.276. The highest BCUT2D eigenvalue weighted by Gasteiger charge is 2.14. The molecule has 3 N–H and O–H groups in total. The van der Waals surface area contributed by atoms with Gasteiger partial charge in [-0.25, -0.2) is 0 Å². The first-order valence-corrected chi connectivity index (χ1v) is 11.6. The van der Waals surface area contributed by atoms with Crippen molar-refractivity contribution in [2.24, 2.45) is 4.99 Å². The second kappa shape index (κ2) is 12.5. The summed E-state index contributed by atoms with van der Waals surface area (Å²) >= 11 is 0. The van der Waals surface area contributed by atoms with Gasteiger partial charge in [-0.3, -0.25) is 4.99 Å². The van der Waals surface area contributed by atoms with Crippen LogP contribution in [0, 0.1) is 0 Å². The summed E-state index contributed by atoms with van der Waals surface area (Å²) in [7, 11) is 0. The number of nitrogens with zero attached hydrogens (tertiary/aromatic N) is 1. The molecule has 0 spiro atoms. The highest BCUT2D eigenvalue weighted by molar-refractivity contribution is 5.80. The number of anilines is 1. The van der Waals surface area contributed by atoms with Gasteiger partial charge >= 0.3 is 0 Å². The van der Waals surface area contributed by atoms with Crippen LogP contribution in [0.4, 0.5) is 5.69 Å². The minimum atomic E-state index is 0.115. The van der Waals surface area contributed by atoms with Crippen molar-refractivity contribution < 1.29 is 4.74 Å². The van der Waals surface area contributed by atoms with Crippen LogP contribution in [0.15, 0.2) is 96.0 Å². The summed E-state index contributed by atoms with van der Waals surface area (Å²) in [4.78, 5) is 4.73. The standard InChI is InChI=1S/C29H35N3O/c1-4-9-22(2)29(32-23(3)31-20-24-14-16-27(30)17-15-24)19-26-12-8-13-28(18-26)33-21-25-10-6-5-7-11-25/h5-8,10-18,29H,2,4,9,19-21,30H2,1,3H3,(H,31,32). The lowest BCUT2D eigenvalue weighted by atomic mass is 9.96. The lowest BCUT2D eigenvalue weighted by Gasteiger charge is -2.22. The molecule has 0 aromatic heterocycles. The van der Waals surface area contributed by atoms with Crippen LogP contribution in [-0.4, -0.2) is 11.9 Å². The van der Waals surface area contributed by atoms with Crippen molar-refractivity contribution in [3.8, 4) is 5.75 Å². The first kappa shape index (κ1) is 24.1. The van der Waals surface area contributed by atoms with Gasteiger partial charge in [0.15, 0.2) is 0 Å². The molecular weight excluding hydrogens is 406 g/mol. The van der Waals surface area contributed by atoms with E-state index in [1.807, 2.05) is 55.5 Å². The van der Waals surface area contributed by atoms with E-state index in [1.54, 1.807) is 0 Å².